The summed E-state index contributed by atoms with van der Waals surface area (Å²) < 4.78 is 6.16. The van der Waals surface area contributed by atoms with Gasteiger partial charge in [0.05, 0.1) is 21.8 Å². The SMILES string of the molecule is CCOc1c(Cl)cc(C2N=C(NC#N)Nc3nc(N)c(C#N)c(N)c32)cc1Br. The van der Waals surface area contributed by atoms with Gasteiger partial charge in [0.25, 0.3) is 0 Å². The summed E-state index contributed by atoms with van der Waals surface area (Å²) in [5.74, 6) is 0.946. The van der Waals surface area contributed by atoms with E-state index in [-0.39, 0.29) is 23.0 Å². The van der Waals surface area contributed by atoms with E-state index in [4.69, 9.17) is 33.1 Å². The number of aliphatic imine (C=N–C) groups is 1. The highest BCUT2D eigenvalue weighted by molar-refractivity contribution is 9.10. The molecule has 0 saturated heterocycles. The second-order valence-corrected chi connectivity index (χ2v) is 6.91. The summed E-state index contributed by atoms with van der Waals surface area (Å²) in [5, 5.41) is 24.0. The number of aromatic nitrogens is 1. The van der Waals surface area contributed by atoms with Crippen molar-refractivity contribution in [2.45, 2.75) is 13.0 Å². The quantitative estimate of drug-likeness (QED) is 0.401. The lowest BCUT2D eigenvalue weighted by molar-refractivity contribution is 0.338. The predicted molar refractivity (Wildman–Crippen MR) is 110 cm³/mol. The number of benzene rings is 1. The van der Waals surface area contributed by atoms with E-state index in [9.17, 15) is 5.26 Å². The first kappa shape index (κ1) is 19.5. The summed E-state index contributed by atoms with van der Waals surface area (Å²) in [6.07, 6.45) is 1.80. The molecule has 0 amide bonds. The number of halogens is 2. The summed E-state index contributed by atoms with van der Waals surface area (Å²) in [5.41, 5.74) is 13.4. The third-order valence-corrected chi connectivity index (χ3v) is 4.85. The van der Waals surface area contributed by atoms with Crippen LogP contribution in [-0.4, -0.2) is 17.6 Å². The number of rotatable bonds is 3. The second kappa shape index (κ2) is 7.80. The Morgan fingerprint density at radius 3 is 2.75 bits per heavy atom. The van der Waals surface area contributed by atoms with Crippen molar-refractivity contribution in [3.8, 4) is 18.0 Å². The van der Waals surface area contributed by atoms with Crippen molar-refractivity contribution in [1.29, 1.82) is 10.5 Å². The van der Waals surface area contributed by atoms with E-state index < -0.39 is 6.04 Å². The molecule has 0 bridgehead atoms. The minimum atomic E-state index is -0.684. The molecule has 1 aliphatic heterocycles. The Kier molecular flexibility index (Phi) is 5.45. The van der Waals surface area contributed by atoms with Crippen LogP contribution < -0.4 is 26.8 Å². The monoisotopic (exact) mass is 460 g/mol. The first-order valence-electron chi connectivity index (χ1n) is 8.01. The predicted octanol–water partition coefficient (Wildman–Crippen LogP) is 2.87. The highest BCUT2D eigenvalue weighted by Crippen LogP contribution is 2.44. The minimum Gasteiger partial charge on any atom is -0.491 e. The lowest BCUT2D eigenvalue weighted by atomic mass is 9.95. The van der Waals surface area contributed by atoms with Crippen LogP contribution in [0.3, 0.4) is 0 Å². The van der Waals surface area contributed by atoms with Crippen LogP contribution in [0.2, 0.25) is 5.02 Å². The van der Waals surface area contributed by atoms with E-state index in [1.165, 1.54) is 0 Å². The van der Waals surface area contributed by atoms with Crippen LogP contribution in [0.4, 0.5) is 17.3 Å². The number of pyridine rings is 1. The number of nitrogen functional groups attached to an aromatic ring is 2. The van der Waals surface area contributed by atoms with Crippen LogP contribution in [0.25, 0.3) is 0 Å². The number of nitriles is 2. The number of ether oxygens (including phenoxy) is 1. The molecule has 2 heterocycles. The number of fused-ring (bicyclic) bond motifs is 1. The standard InChI is InChI=1S/C17H14BrClN8O/c1-2-28-14-9(18)3-7(4-10(14)19)13-11-12(22)8(5-20)15(23)26-16(11)27-17(25-13)24-6-21/h3-4,13H,2H2,1H3,(H6,22,23,24,25,26,27). The van der Waals surface area contributed by atoms with Gasteiger partial charge in [-0.2, -0.15) is 10.5 Å². The highest BCUT2D eigenvalue weighted by atomic mass is 79.9. The molecule has 11 heteroatoms. The van der Waals surface area contributed by atoms with Gasteiger partial charge in [0, 0.05) is 5.56 Å². The fourth-order valence-corrected chi connectivity index (χ4v) is 3.83. The molecule has 3 rings (SSSR count). The van der Waals surface area contributed by atoms with E-state index in [1.807, 2.05) is 13.0 Å². The lowest BCUT2D eigenvalue weighted by Gasteiger charge is -2.26. The van der Waals surface area contributed by atoms with Crippen LogP contribution in [0, 0.1) is 22.8 Å². The van der Waals surface area contributed by atoms with Gasteiger partial charge in [0.15, 0.2) is 11.9 Å². The normalized spacial score (nSPS) is 14.8. The van der Waals surface area contributed by atoms with E-state index >= 15 is 0 Å². The van der Waals surface area contributed by atoms with E-state index in [2.05, 4.69) is 36.5 Å². The molecule has 2 aromatic rings. The lowest BCUT2D eigenvalue weighted by Crippen LogP contribution is -2.32. The average Bonchev–Trinajstić information content (AvgIpc) is 2.64. The molecule has 0 aliphatic carbocycles. The summed E-state index contributed by atoms with van der Waals surface area (Å²) in [6.45, 7) is 2.30. The molecule has 9 nitrogen and oxygen atoms in total. The molecular weight excluding hydrogens is 448 g/mol. The third-order valence-electron chi connectivity index (χ3n) is 3.98. The topological polar surface area (TPSA) is 158 Å². The van der Waals surface area contributed by atoms with E-state index in [1.54, 1.807) is 18.3 Å². The van der Waals surface area contributed by atoms with Crippen LogP contribution in [0.1, 0.15) is 29.7 Å². The first-order valence-corrected chi connectivity index (χ1v) is 9.18. The molecule has 1 atom stereocenters. The average molecular weight is 462 g/mol. The molecular formula is C17H14BrClN8O. The Labute approximate surface area is 174 Å². The van der Waals surface area contributed by atoms with Gasteiger partial charge in [-0.25, -0.2) is 9.98 Å². The maximum Gasteiger partial charge on any atom is 0.211 e. The smallest absolute Gasteiger partial charge is 0.211 e. The summed E-state index contributed by atoms with van der Waals surface area (Å²) >= 11 is 9.82. The molecule has 0 saturated carbocycles. The van der Waals surface area contributed by atoms with Crippen LogP contribution in [0.15, 0.2) is 21.6 Å². The van der Waals surface area contributed by atoms with Crippen molar-refractivity contribution >= 4 is 50.8 Å². The van der Waals surface area contributed by atoms with Crippen LogP contribution in [0.5, 0.6) is 5.75 Å². The van der Waals surface area contributed by atoms with Gasteiger partial charge in [0.1, 0.15) is 29.3 Å². The first-order chi connectivity index (χ1) is 13.4. The van der Waals surface area contributed by atoms with Gasteiger partial charge >= 0.3 is 0 Å². The number of hydrogen-bond acceptors (Lipinski definition) is 9. The van der Waals surface area contributed by atoms with Crippen molar-refractivity contribution in [1.82, 2.24) is 10.3 Å². The molecule has 1 aromatic heterocycles. The molecule has 0 spiro atoms. The molecule has 1 unspecified atom stereocenters. The van der Waals surface area contributed by atoms with Gasteiger partial charge in [-0.05, 0) is 40.5 Å². The Hall–Kier alpha value is -3.21. The molecule has 28 heavy (non-hydrogen) atoms. The zero-order chi connectivity index (χ0) is 20.4. The fraction of sp³-hybridized carbons (Fsp3) is 0.176. The number of guanidine groups is 1. The third kappa shape index (κ3) is 3.36. The van der Waals surface area contributed by atoms with E-state index in [0.717, 1.165) is 0 Å². The molecule has 142 valence electrons. The maximum atomic E-state index is 9.37. The zero-order valence-corrected chi connectivity index (χ0v) is 16.9. The second-order valence-electron chi connectivity index (χ2n) is 5.65. The van der Waals surface area contributed by atoms with Crippen molar-refractivity contribution in [3.63, 3.8) is 0 Å². The maximum absolute atomic E-state index is 9.37. The van der Waals surface area contributed by atoms with Gasteiger partial charge in [-0.3, -0.25) is 5.32 Å². The zero-order valence-electron chi connectivity index (χ0n) is 14.5. The Bertz CT molecular complexity index is 1050. The number of nitrogens with zero attached hydrogens (tertiary/aromatic N) is 4. The summed E-state index contributed by atoms with van der Waals surface area (Å²) in [7, 11) is 0. The molecule has 1 aliphatic rings. The van der Waals surface area contributed by atoms with Gasteiger partial charge in [-0.1, -0.05) is 11.6 Å². The molecule has 1 aromatic carbocycles. The minimum absolute atomic E-state index is 0.0193. The van der Waals surface area contributed by atoms with Crippen molar-refractivity contribution < 1.29 is 4.74 Å². The van der Waals surface area contributed by atoms with Crippen molar-refractivity contribution in [2.75, 3.05) is 23.4 Å². The van der Waals surface area contributed by atoms with Gasteiger partial charge < -0.3 is 21.5 Å². The largest absolute Gasteiger partial charge is 0.491 e. The van der Waals surface area contributed by atoms with Gasteiger partial charge in [-0.15, -0.1) is 0 Å². The summed E-state index contributed by atoms with van der Waals surface area (Å²) in [4.78, 5) is 8.70. The summed E-state index contributed by atoms with van der Waals surface area (Å²) in [6, 6.07) is 4.75. The Balaban J connectivity index is 2.23. The van der Waals surface area contributed by atoms with Gasteiger partial charge in [0.2, 0.25) is 5.96 Å². The number of nitrogens with two attached hydrogens (primary N) is 2. The van der Waals surface area contributed by atoms with Crippen LogP contribution in [-0.2, 0) is 0 Å². The molecule has 0 radical (unpaired) electrons. The van der Waals surface area contributed by atoms with Crippen molar-refractivity contribution in [2.24, 2.45) is 4.99 Å². The highest BCUT2D eigenvalue weighted by Gasteiger charge is 2.30. The fourth-order valence-electron chi connectivity index (χ4n) is 2.84. The molecule has 0 fully saturated rings. The number of hydrogen-bond donors (Lipinski definition) is 4. The van der Waals surface area contributed by atoms with E-state index in [0.29, 0.717) is 38.8 Å². The van der Waals surface area contributed by atoms with Crippen molar-refractivity contribution in [3.05, 3.63) is 38.3 Å². The number of nitrogens with one attached hydrogen (secondary N) is 2. The van der Waals surface area contributed by atoms with Crippen LogP contribution >= 0.6 is 27.5 Å². The Morgan fingerprint density at radius 2 is 2.14 bits per heavy atom. The Morgan fingerprint density at radius 1 is 1.39 bits per heavy atom. The number of anilines is 3. The molecule has 6 N–H and O–H groups in total.